The van der Waals surface area contributed by atoms with Gasteiger partial charge in [-0.05, 0) is 63.3 Å². The normalized spacial score (nSPS) is 16.8. The Bertz CT molecular complexity index is 371. The monoisotopic (exact) mass is 247 g/mol. The topological polar surface area (TPSA) is 21.3 Å². The van der Waals surface area contributed by atoms with Crippen molar-refractivity contribution >= 4 is 0 Å². The molecule has 2 heteroatoms. The predicted molar refractivity (Wildman–Crippen MR) is 76.2 cm³/mol. The third kappa shape index (κ3) is 3.26. The first kappa shape index (κ1) is 13.4. The molecule has 0 heterocycles. The van der Waals surface area contributed by atoms with Crippen LogP contribution in [0.5, 0.6) is 5.75 Å². The van der Waals surface area contributed by atoms with Crippen LogP contribution in [0.4, 0.5) is 0 Å². The van der Waals surface area contributed by atoms with E-state index in [1.165, 1.54) is 48.8 Å². The van der Waals surface area contributed by atoms with Gasteiger partial charge in [0.25, 0.3) is 0 Å². The number of hydrogen-bond acceptors (Lipinski definition) is 2. The SMILES string of the molecule is CNCc1cc(C)c(OC2CCCCC2)c(C)c1. The molecular formula is C16H25NO. The molecule has 1 N–H and O–H groups in total. The minimum absolute atomic E-state index is 0.436. The summed E-state index contributed by atoms with van der Waals surface area (Å²) >= 11 is 0. The summed E-state index contributed by atoms with van der Waals surface area (Å²) in [6.45, 7) is 5.24. The lowest BCUT2D eigenvalue weighted by molar-refractivity contribution is 0.153. The first-order chi connectivity index (χ1) is 8.70. The molecule has 1 aliphatic rings. The van der Waals surface area contributed by atoms with E-state index in [0.29, 0.717) is 6.10 Å². The molecule has 1 aromatic rings. The second-order valence-electron chi connectivity index (χ2n) is 5.47. The van der Waals surface area contributed by atoms with Gasteiger partial charge in [0, 0.05) is 6.54 Å². The number of ether oxygens (including phenoxy) is 1. The van der Waals surface area contributed by atoms with Gasteiger partial charge in [-0.25, -0.2) is 0 Å². The molecule has 0 unspecified atom stereocenters. The number of benzene rings is 1. The van der Waals surface area contributed by atoms with Crippen LogP contribution in [0.15, 0.2) is 12.1 Å². The van der Waals surface area contributed by atoms with E-state index in [9.17, 15) is 0 Å². The third-order valence-electron chi connectivity index (χ3n) is 3.74. The van der Waals surface area contributed by atoms with Gasteiger partial charge in [0.15, 0.2) is 0 Å². The third-order valence-corrected chi connectivity index (χ3v) is 3.74. The lowest BCUT2D eigenvalue weighted by Gasteiger charge is -2.25. The van der Waals surface area contributed by atoms with E-state index in [1.54, 1.807) is 0 Å². The van der Waals surface area contributed by atoms with Gasteiger partial charge in [0.1, 0.15) is 5.75 Å². The van der Waals surface area contributed by atoms with Crippen molar-refractivity contribution < 1.29 is 4.74 Å². The predicted octanol–water partition coefficient (Wildman–Crippen LogP) is 3.73. The molecule has 1 fully saturated rings. The maximum absolute atomic E-state index is 6.23. The number of aryl methyl sites for hydroxylation is 2. The van der Waals surface area contributed by atoms with Gasteiger partial charge in [-0.3, -0.25) is 0 Å². The zero-order chi connectivity index (χ0) is 13.0. The molecule has 0 atom stereocenters. The van der Waals surface area contributed by atoms with Gasteiger partial charge in [-0.2, -0.15) is 0 Å². The fraction of sp³-hybridized carbons (Fsp3) is 0.625. The van der Waals surface area contributed by atoms with E-state index in [-0.39, 0.29) is 0 Å². The Kier molecular flexibility index (Phi) is 4.65. The average Bonchev–Trinajstić information content (AvgIpc) is 2.36. The van der Waals surface area contributed by atoms with Crippen molar-refractivity contribution in [2.24, 2.45) is 0 Å². The molecule has 1 saturated carbocycles. The highest BCUT2D eigenvalue weighted by Gasteiger charge is 2.17. The zero-order valence-electron chi connectivity index (χ0n) is 11.9. The Labute approximate surface area is 111 Å². The molecule has 0 saturated heterocycles. The van der Waals surface area contributed by atoms with Gasteiger partial charge in [0.05, 0.1) is 6.10 Å². The van der Waals surface area contributed by atoms with Crippen molar-refractivity contribution in [1.82, 2.24) is 5.32 Å². The molecule has 100 valence electrons. The smallest absolute Gasteiger partial charge is 0.125 e. The molecular weight excluding hydrogens is 222 g/mol. The summed E-state index contributed by atoms with van der Waals surface area (Å²) in [4.78, 5) is 0. The quantitative estimate of drug-likeness (QED) is 0.875. The molecule has 0 aromatic heterocycles. The molecule has 1 aromatic carbocycles. The molecule has 1 aliphatic carbocycles. The Balaban J connectivity index is 2.11. The number of nitrogens with one attached hydrogen (secondary N) is 1. The van der Waals surface area contributed by atoms with Crippen LogP contribution in [-0.4, -0.2) is 13.2 Å². The molecule has 2 nitrogen and oxygen atoms in total. The van der Waals surface area contributed by atoms with Crippen LogP contribution in [0.1, 0.15) is 48.8 Å². The van der Waals surface area contributed by atoms with Crippen molar-refractivity contribution in [1.29, 1.82) is 0 Å². The Hall–Kier alpha value is -1.02. The maximum Gasteiger partial charge on any atom is 0.125 e. The number of hydrogen-bond donors (Lipinski definition) is 1. The molecule has 0 radical (unpaired) electrons. The minimum atomic E-state index is 0.436. The first-order valence-corrected chi connectivity index (χ1v) is 7.12. The first-order valence-electron chi connectivity index (χ1n) is 7.12. The lowest BCUT2D eigenvalue weighted by atomic mass is 9.97. The molecule has 0 bridgehead atoms. The van der Waals surface area contributed by atoms with Crippen molar-refractivity contribution in [2.75, 3.05) is 7.05 Å². The Morgan fingerprint density at radius 1 is 1.11 bits per heavy atom. The van der Waals surface area contributed by atoms with Crippen LogP contribution in [0.2, 0.25) is 0 Å². The summed E-state index contributed by atoms with van der Waals surface area (Å²) in [7, 11) is 1.98. The summed E-state index contributed by atoms with van der Waals surface area (Å²) in [5.74, 6) is 1.11. The van der Waals surface area contributed by atoms with Gasteiger partial charge < -0.3 is 10.1 Å². The standard InChI is InChI=1S/C16H25NO/c1-12-9-14(11-17-3)10-13(2)16(12)18-15-7-5-4-6-8-15/h9-10,15,17H,4-8,11H2,1-3H3. The minimum Gasteiger partial charge on any atom is -0.490 e. The highest BCUT2D eigenvalue weighted by molar-refractivity contribution is 5.43. The lowest BCUT2D eigenvalue weighted by Crippen LogP contribution is -2.20. The molecule has 0 amide bonds. The van der Waals surface area contributed by atoms with Crippen LogP contribution in [-0.2, 0) is 6.54 Å². The molecule has 2 rings (SSSR count). The summed E-state index contributed by atoms with van der Waals surface area (Å²) in [6.07, 6.45) is 6.89. The highest BCUT2D eigenvalue weighted by Crippen LogP contribution is 2.29. The second kappa shape index (κ2) is 6.24. The van der Waals surface area contributed by atoms with Crippen LogP contribution < -0.4 is 10.1 Å². The molecule has 18 heavy (non-hydrogen) atoms. The molecule has 0 spiro atoms. The Morgan fingerprint density at radius 2 is 1.72 bits per heavy atom. The van der Waals surface area contributed by atoms with Gasteiger partial charge in [-0.1, -0.05) is 18.6 Å². The molecule has 0 aliphatic heterocycles. The fourth-order valence-electron chi connectivity index (χ4n) is 2.88. The Morgan fingerprint density at radius 3 is 2.28 bits per heavy atom. The van der Waals surface area contributed by atoms with Crippen molar-refractivity contribution in [3.63, 3.8) is 0 Å². The van der Waals surface area contributed by atoms with Gasteiger partial charge in [0.2, 0.25) is 0 Å². The summed E-state index contributed by atoms with van der Waals surface area (Å²) in [6, 6.07) is 4.48. The maximum atomic E-state index is 6.23. The van der Waals surface area contributed by atoms with Crippen LogP contribution >= 0.6 is 0 Å². The van der Waals surface area contributed by atoms with E-state index in [4.69, 9.17) is 4.74 Å². The highest BCUT2D eigenvalue weighted by atomic mass is 16.5. The van der Waals surface area contributed by atoms with E-state index in [1.807, 2.05) is 7.05 Å². The van der Waals surface area contributed by atoms with Crippen LogP contribution in [0.3, 0.4) is 0 Å². The number of rotatable bonds is 4. The van der Waals surface area contributed by atoms with Crippen molar-refractivity contribution in [2.45, 2.75) is 58.6 Å². The summed E-state index contributed by atoms with van der Waals surface area (Å²) in [5, 5.41) is 3.20. The average molecular weight is 247 g/mol. The van der Waals surface area contributed by atoms with Gasteiger partial charge in [-0.15, -0.1) is 0 Å². The largest absolute Gasteiger partial charge is 0.490 e. The van der Waals surface area contributed by atoms with Crippen LogP contribution in [0.25, 0.3) is 0 Å². The van der Waals surface area contributed by atoms with Crippen molar-refractivity contribution in [3.8, 4) is 5.75 Å². The summed E-state index contributed by atoms with van der Waals surface area (Å²) in [5.41, 5.74) is 3.88. The van der Waals surface area contributed by atoms with Crippen LogP contribution in [0, 0.1) is 13.8 Å². The van der Waals surface area contributed by atoms with Gasteiger partial charge >= 0.3 is 0 Å². The van der Waals surface area contributed by atoms with Crippen molar-refractivity contribution in [3.05, 3.63) is 28.8 Å². The zero-order valence-corrected chi connectivity index (χ0v) is 11.9. The van der Waals surface area contributed by atoms with E-state index < -0.39 is 0 Å². The van der Waals surface area contributed by atoms with E-state index in [0.717, 1.165) is 12.3 Å². The second-order valence-corrected chi connectivity index (χ2v) is 5.47. The fourth-order valence-corrected chi connectivity index (χ4v) is 2.88. The summed E-state index contributed by atoms with van der Waals surface area (Å²) < 4.78 is 6.23. The van der Waals surface area contributed by atoms with E-state index in [2.05, 4.69) is 31.3 Å². The van der Waals surface area contributed by atoms with E-state index >= 15 is 0 Å².